The Morgan fingerprint density at radius 3 is 2.71 bits per heavy atom. The first kappa shape index (κ1) is 17.0. The van der Waals surface area contributed by atoms with Crippen molar-refractivity contribution in [1.82, 2.24) is 10.2 Å². The number of ether oxygens (including phenoxy) is 1. The Morgan fingerprint density at radius 2 is 2.00 bits per heavy atom. The SMILES string of the molecule is O=C(Cc1ccccc1Cl)NC[C@H](c1ccco1)N1CCOCC1. The summed E-state index contributed by atoms with van der Waals surface area (Å²) in [5.74, 6) is 0.808. The summed E-state index contributed by atoms with van der Waals surface area (Å²) in [7, 11) is 0. The van der Waals surface area contributed by atoms with Crippen molar-refractivity contribution in [1.29, 1.82) is 0 Å². The molecule has 1 saturated heterocycles. The first-order chi connectivity index (χ1) is 11.7. The molecule has 3 rings (SSSR count). The van der Waals surface area contributed by atoms with E-state index >= 15 is 0 Å². The molecule has 1 aliphatic heterocycles. The Labute approximate surface area is 146 Å². The number of hydrogen-bond acceptors (Lipinski definition) is 4. The number of benzene rings is 1. The third-order valence-electron chi connectivity index (χ3n) is 4.16. The van der Waals surface area contributed by atoms with Crippen molar-refractivity contribution in [3.63, 3.8) is 0 Å². The van der Waals surface area contributed by atoms with E-state index in [2.05, 4.69) is 10.2 Å². The number of rotatable bonds is 6. The number of amides is 1. The molecule has 2 heterocycles. The van der Waals surface area contributed by atoms with Gasteiger partial charge < -0.3 is 14.5 Å². The van der Waals surface area contributed by atoms with Crippen LogP contribution < -0.4 is 5.32 Å². The Bertz CT molecular complexity index is 654. The number of halogens is 1. The number of hydrogen-bond donors (Lipinski definition) is 1. The van der Waals surface area contributed by atoms with E-state index in [1.165, 1.54) is 0 Å². The Morgan fingerprint density at radius 1 is 1.21 bits per heavy atom. The lowest BCUT2D eigenvalue weighted by Gasteiger charge is -2.33. The second-order valence-electron chi connectivity index (χ2n) is 5.75. The molecule has 1 fully saturated rings. The summed E-state index contributed by atoms with van der Waals surface area (Å²) in [6.07, 6.45) is 1.93. The van der Waals surface area contributed by atoms with Crippen LogP contribution in [0.3, 0.4) is 0 Å². The van der Waals surface area contributed by atoms with Crippen LogP contribution in [-0.4, -0.2) is 43.7 Å². The number of morpholine rings is 1. The molecule has 128 valence electrons. The molecule has 1 amide bonds. The predicted molar refractivity (Wildman–Crippen MR) is 92.0 cm³/mol. The number of furan rings is 1. The van der Waals surface area contributed by atoms with Gasteiger partial charge in [0.1, 0.15) is 5.76 Å². The minimum Gasteiger partial charge on any atom is -0.468 e. The smallest absolute Gasteiger partial charge is 0.224 e. The summed E-state index contributed by atoms with van der Waals surface area (Å²) in [5, 5.41) is 3.62. The average Bonchev–Trinajstić information content (AvgIpc) is 3.12. The van der Waals surface area contributed by atoms with Crippen molar-refractivity contribution < 1.29 is 13.9 Å². The fraction of sp³-hybridized carbons (Fsp3) is 0.389. The molecular formula is C18H21ClN2O3. The zero-order chi connectivity index (χ0) is 16.8. The first-order valence-corrected chi connectivity index (χ1v) is 8.47. The molecule has 0 unspecified atom stereocenters. The molecule has 1 aromatic heterocycles. The Kier molecular flexibility index (Phi) is 5.91. The molecule has 1 aromatic carbocycles. The van der Waals surface area contributed by atoms with Crippen LogP contribution in [-0.2, 0) is 16.0 Å². The quantitative estimate of drug-likeness (QED) is 0.872. The van der Waals surface area contributed by atoms with E-state index < -0.39 is 0 Å². The van der Waals surface area contributed by atoms with Crippen LogP contribution in [0.2, 0.25) is 5.02 Å². The Hall–Kier alpha value is -1.82. The van der Waals surface area contributed by atoms with Crippen molar-refractivity contribution in [3.05, 3.63) is 59.0 Å². The lowest BCUT2D eigenvalue weighted by Crippen LogP contribution is -2.43. The predicted octanol–water partition coefficient (Wildman–Crippen LogP) is 2.67. The summed E-state index contributed by atoms with van der Waals surface area (Å²) in [5.41, 5.74) is 0.831. The summed E-state index contributed by atoms with van der Waals surface area (Å²) in [6, 6.07) is 11.2. The summed E-state index contributed by atoms with van der Waals surface area (Å²) in [6.45, 7) is 3.55. The largest absolute Gasteiger partial charge is 0.468 e. The Balaban J connectivity index is 1.61. The molecule has 0 spiro atoms. The van der Waals surface area contributed by atoms with Crippen molar-refractivity contribution in [3.8, 4) is 0 Å². The van der Waals surface area contributed by atoms with Crippen molar-refractivity contribution in [2.24, 2.45) is 0 Å². The second-order valence-corrected chi connectivity index (χ2v) is 6.16. The van der Waals surface area contributed by atoms with Gasteiger partial charge in [-0.15, -0.1) is 0 Å². The molecular weight excluding hydrogens is 328 g/mol. The van der Waals surface area contributed by atoms with E-state index in [9.17, 15) is 4.79 Å². The highest BCUT2D eigenvalue weighted by Gasteiger charge is 2.25. The van der Waals surface area contributed by atoms with Gasteiger partial charge in [-0.1, -0.05) is 29.8 Å². The van der Waals surface area contributed by atoms with Gasteiger partial charge in [-0.3, -0.25) is 9.69 Å². The monoisotopic (exact) mass is 348 g/mol. The summed E-state index contributed by atoms with van der Waals surface area (Å²) in [4.78, 5) is 14.6. The zero-order valence-electron chi connectivity index (χ0n) is 13.4. The first-order valence-electron chi connectivity index (χ1n) is 8.09. The van der Waals surface area contributed by atoms with Crippen LogP contribution in [0.4, 0.5) is 0 Å². The fourth-order valence-electron chi connectivity index (χ4n) is 2.87. The third kappa shape index (κ3) is 4.38. The normalized spacial score (nSPS) is 16.7. The lowest BCUT2D eigenvalue weighted by atomic mass is 10.1. The van der Waals surface area contributed by atoms with Gasteiger partial charge in [0, 0.05) is 24.7 Å². The van der Waals surface area contributed by atoms with Gasteiger partial charge in [-0.05, 0) is 23.8 Å². The number of nitrogens with zero attached hydrogens (tertiary/aromatic N) is 1. The van der Waals surface area contributed by atoms with Gasteiger partial charge in [0.2, 0.25) is 5.91 Å². The van der Waals surface area contributed by atoms with Crippen molar-refractivity contribution in [2.75, 3.05) is 32.8 Å². The third-order valence-corrected chi connectivity index (χ3v) is 4.53. The highest BCUT2D eigenvalue weighted by atomic mass is 35.5. The molecule has 2 aromatic rings. The average molecular weight is 349 g/mol. The molecule has 0 bridgehead atoms. The maximum Gasteiger partial charge on any atom is 0.224 e. The number of carbonyl (C=O) groups is 1. The fourth-order valence-corrected chi connectivity index (χ4v) is 3.07. The highest BCUT2D eigenvalue weighted by molar-refractivity contribution is 6.31. The zero-order valence-corrected chi connectivity index (χ0v) is 14.2. The second kappa shape index (κ2) is 8.33. The van der Waals surface area contributed by atoms with Crippen LogP contribution in [0.5, 0.6) is 0 Å². The molecule has 0 saturated carbocycles. The number of nitrogens with one attached hydrogen (secondary N) is 1. The molecule has 0 aliphatic carbocycles. The van der Waals surface area contributed by atoms with Crippen LogP contribution >= 0.6 is 11.6 Å². The lowest BCUT2D eigenvalue weighted by molar-refractivity contribution is -0.120. The molecule has 0 radical (unpaired) electrons. The van der Waals surface area contributed by atoms with Crippen LogP contribution in [0.25, 0.3) is 0 Å². The maximum atomic E-state index is 12.3. The van der Waals surface area contributed by atoms with Crippen molar-refractivity contribution in [2.45, 2.75) is 12.5 Å². The van der Waals surface area contributed by atoms with E-state index in [4.69, 9.17) is 20.8 Å². The van der Waals surface area contributed by atoms with Crippen LogP contribution in [0.1, 0.15) is 17.4 Å². The van der Waals surface area contributed by atoms with Gasteiger partial charge in [0.05, 0.1) is 31.9 Å². The molecule has 5 nitrogen and oxygen atoms in total. The molecule has 1 aliphatic rings. The standard InChI is InChI=1S/C18H21ClN2O3/c19-15-5-2-1-4-14(15)12-18(22)20-13-16(17-6-3-9-24-17)21-7-10-23-11-8-21/h1-6,9,16H,7-8,10-13H2,(H,20,22)/t16-/m1/s1. The van der Waals surface area contributed by atoms with E-state index in [1.54, 1.807) is 12.3 Å². The van der Waals surface area contributed by atoms with Crippen LogP contribution in [0.15, 0.2) is 47.1 Å². The molecule has 6 heteroatoms. The van der Waals surface area contributed by atoms with E-state index in [-0.39, 0.29) is 18.4 Å². The van der Waals surface area contributed by atoms with Gasteiger partial charge in [0.25, 0.3) is 0 Å². The minimum absolute atomic E-state index is 0.0131. The van der Waals surface area contributed by atoms with E-state index in [1.807, 2.05) is 30.3 Å². The summed E-state index contributed by atoms with van der Waals surface area (Å²) < 4.78 is 11.0. The van der Waals surface area contributed by atoms with Gasteiger partial charge >= 0.3 is 0 Å². The topological polar surface area (TPSA) is 54.7 Å². The minimum atomic E-state index is -0.0482. The van der Waals surface area contributed by atoms with E-state index in [0.717, 1.165) is 24.4 Å². The van der Waals surface area contributed by atoms with Gasteiger partial charge in [0.15, 0.2) is 0 Å². The van der Waals surface area contributed by atoms with Gasteiger partial charge in [-0.25, -0.2) is 0 Å². The maximum absolute atomic E-state index is 12.3. The molecule has 1 N–H and O–H groups in total. The van der Waals surface area contributed by atoms with Gasteiger partial charge in [-0.2, -0.15) is 0 Å². The molecule has 1 atom stereocenters. The van der Waals surface area contributed by atoms with Crippen molar-refractivity contribution >= 4 is 17.5 Å². The number of carbonyl (C=O) groups excluding carboxylic acids is 1. The molecule has 24 heavy (non-hydrogen) atoms. The highest BCUT2D eigenvalue weighted by Crippen LogP contribution is 2.22. The summed E-state index contributed by atoms with van der Waals surface area (Å²) >= 11 is 6.12. The van der Waals surface area contributed by atoms with E-state index in [0.29, 0.717) is 24.8 Å². The van der Waals surface area contributed by atoms with Crippen LogP contribution in [0, 0.1) is 0 Å².